The fourth-order valence-electron chi connectivity index (χ4n) is 3.81. The van der Waals surface area contributed by atoms with Gasteiger partial charge in [0, 0.05) is 26.0 Å². The molecule has 2 aromatic carbocycles. The molecule has 0 unspecified atom stereocenters. The minimum absolute atomic E-state index is 0.304. The minimum Gasteiger partial charge on any atom is -0.497 e. The Morgan fingerprint density at radius 3 is 2.28 bits per heavy atom. The molecule has 0 N–H and O–H groups in total. The van der Waals surface area contributed by atoms with Crippen LogP contribution in [0.2, 0.25) is 0 Å². The van der Waals surface area contributed by atoms with Gasteiger partial charge < -0.3 is 9.30 Å². The van der Waals surface area contributed by atoms with E-state index in [1.54, 1.807) is 14.2 Å². The summed E-state index contributed by atoms with van der Waals surface area (Å²) >= 11 is 0. The van der Waals surface area contributed by atoms with Crippen molar-refractivity contribution < 1.29 is 4.74 Å². The minimum atomic E-state index is -0.343. The van der Waals surface area contributed by atoms with E-state index in [4.69, 9.17) is 4.74 Å². The van der Waals surface area contributed by atoms with Gasteiger partial charge in [-0.1, -0.05) is 25.1 Å². The van der Waals surface area contributed by atoms with Gasteiger partial charge in [-0.05, 0) is 47.9 Å². The number of hydrogen-bond acceptors (Lipinski definition) is 3. The first-order chi connectivity index (χ1) is 14.0. The first kappa shape index (κ1) is 18.8. The van der Waals surface area contributed by atoms with E-state index in [1.807, 2.05) is 53.2 Å². The zero-order chi connectivity index (χ0) is 20.7. The van der Waals surface area contributed by atoms with Crippen LogP contribution in [0.15, 0.2) is 64.3 Å². The topological polar surface area (TPSA) is 58.2 Å². The molecular weight excluding hydrogens is 366 g/mol. The Bertz CT molecular complexity index is 1320. The zero-order valence-electron chi connectivity index (χ0n) is 17.0. The van der Waals surface area contributed by atoms with E-state index in [1.165, 1.54) is 11.6 Å². The molecule has 0 amide bonds. The third kappa shape index (κ3) is 2.88. The molecule has 0 aliphatic rings. The fraction of sp³-hybridized carbons (Fsp3) is 0.217. The maximum absolute atomic E-state index is 13.1. The summed E-state index contributed by atoms with van der Waals surface area (Å²) in [4.78, 5) is 25.6. The standard InChI is InChI=1S/C23H23N3O3/c1-5-15-8-6-7-9-18(15)26-14-19-20(22(27)25(3)23(28)24(19)2)21(26)16-10-12-17(29-4)13-11-16/h6-14H,5H2,1-4H3. The highest BCUT2D eigenvalue weighted by Gasteiger charge is 2.21. The second kappa shape index (κ2) is 7.13. The van der Waals surface area contributed by atoms with Crippen molar-refractivity contribution in [3.05, 3.63) is 81.1 Å². The maximum atomic E-state index is 13.1. The van der Waals surface area contributed by atoms with Crippen molar-refractivity contribution in [3.8, 4) is 22.7 Å². The van der Waals surface area contributed by atoms with Gasteiger partial charge >= 0.3 is 5.69 Å². The molecule has 0 radical (unpaired) electrons. The van der Waals surface area contributed by atoms with Crippen molar-refractivity contribution in [1.82, 2.24) is 13.7 Å². The lowest BCUT2D eigenvalue weighted by Gasteiger charge is -2.14. The summed E-state index contributed by atoms with van der Waals surface area (Å²) in [7, 11) is 4.83. The lowest BCUT2D eigenvalue weighted by molar-refractivity contribution is 0.415. The van der Waals surface area contributed by atoms with E-state index < -0.39 is 0 Å². The normalized spacial score (nSPS) is 11.2. The smallest absolute Gasteiger partial charge is 0.330 e. The summed E-state index contributed by atoms with van der Waals surface area (Å²) in [5, 5.41) is 0.519. The lowest BCUT2D eigenvalue weighted by Crippen LogP contribution is -2.36. The highest BCUT2D eigenvalue weighted by atomic mass is 16.5. The van der Waals surface area contributed by atoms with Gasteiger partial charge in [0.15, 0.2) is 0 Å². The van der Waals surface area contributed by atoms with Crippen molar-refractivity contribution in [1.29, 1.82) is 0 Å². The Balaban J connectivity index is 2.18. The van der Waals surface area contributed by atoms with Crippen molar-refractivity contribution in [2.24, 2.45) is 14.1 Å². The Hall–Kier alpha value is -3.54. The van der Waals surface area contributed by atoms with Crippen LogP contribution in [0.1, 0.15) is 12.5 Å². The van der Waals surface area contributed by atoms with E-state index in [0.29, 0.717) is 10.9 Å². The number of rotatable bonds is 4. The van der Waals surface area contributed by atoms with Gasteiger partial charge in [0.05, 0.1) is 23.7 Å². The molecule has 0 aliphatic heterocycles. The predicted octanol–water partition coefficient (Wildman–Crippen LogP) is 3.27. The summed E-state index contributed by atoms with van der Waals surface area (Å²) < 4.78 is 9.99. The van der Waals surface area contributed by atoms with Gasteiger partial charge in [-0.25, -0.2) is 4.79 Å². The first-order valence-electron chi connectivity index (χ1n) is 9.51. The van der Waals surface area contributed by atoms with Crippen LogP contribution in [0.3, 0.4) is 0 Å². The van der Waals surface area contributed by atoms with Crippen LogP contribution >= 0.6 is 0 Å². The van der Waals surface area contributed by atoms with Crippen molar-refractivity contribution in [2.75, 3.05) is 7.11 Å². The molecule has 0 spiro atoms. The molecule has 0 fully saturated rings. The quantitative estimate of drug-likeness (QED) is 0.538. The predicted molar refractivity (Wildman–Crippen MR) is 115 cm³/mol. The van der Waals surface area contributed by atoms with Gasteiger partial charge in [-0.3, -0.25) is 13.9 Å². The molecule has 0 saturated carbocycles. The lowest BCUT2D eigenvalue weighted by atomic mass is 10.1. The SMILES string of the molecule is CCc1ccccc1-n1cc2c(c1-c1ccc(OC)cc1)c(=O)n(C)c(=O)n2C. The Labute approximate surface area is 168 Å². The van der Waals surface area contributed by atoms with Gasteiger partial charge in [-0.15, -0.1) is 0 Å². The number of nitrogens with zero attached hydrogens (tertiary/aromatic N) is 3. The number of aromatic nitrogens is 3. The summed E-state index contributed by atoms with van der Waals surface area (Å²) in [6.07, 6.45) is 2.73. The van der Waals surface area contributed by atoms with Gasteiger partial charge in [-0.2, -0.15) is 0 Å². The average Bonchev–Trinajstić information content (AvgIpc) is 3.16. The average molecular weight is 389 g/mol. The highest BCUT2D eigenvalue weighted by molar-refractivity contribution is 5.95. The number of methoxy groups -OCH3 is 1. The summed E-state index contributed by atoms with van der Waals surface area (Å²) in [5.41, 5.74) is 3.75. The number of benzene rings is 2. The molecule has 4 aromatic rings. The van der Waals surface area contributed by atoms with Gasteiger partial charge in [0.2, 0.25) is 0 Å². The number of hydrogen-bond donors (Lipinski definition) is 0. The zero-order valence-corrected chi connectivity index (χ0v) is 17.0. The molecule has 0 saturated heterocycles. The van der Waals surface area contributed by atoms with E-state index in [2.05, 4.69) is 13.0 Å². The van der Waals surface area contributed by atoms with E-state index in [9.17, 15) is 9.59 Å². The second-order valence-corrected chi connectivity index (χ2v) is 7.02. The summed E-state index contributed by atoms with van der Waals surface area (Å²) in [5.74, 6) is 0.741. The molecule has 0 atom stereocenters. The van der Waals surface area contributed by atoms with E-state index in [0.717, 1.165) is 39.2 Å². The molecule has 6 nitrogen and oxygen atoms in total. The molecule has 29 heavy (non-hydrogen) atoms. The Morgan fingerprint density at radius 2 is 1.62 bits per heavy atom. The highest BCUT2D eigenvalue weighted by Crippen LogP contribution is 2.33. The number of para-hydroxylation sites is 1. The van der Waals surface area contributed by atoms with Crippen LogP contribution in [0.5, 0.6) is 5.75 Å². The summed E-state index contributed by atoms with van der Waals surface area (Å²) in [6, 6.07) is 15.7. The number of fused-ring (bicyclic) bond motifs is 1. The number of ether oxygens (including phenoxy) is 1. The van der Waals surface area contributed by atoms with Gasteiger partial charge in [0.25, 0.3) is 5.56 Å². The molecule has 0 aliphatic carbocycles. The molecule has 6 heteroatoms. The monoisotopic (exact) mass is 389 g/mol. The van der Waals surface area contributed by atoms with Crippen molar-refractivity contribution in [3.63, 3.8) is 0 Å². The summed E-state index contributed by atoms with van der Waals surface area (Å²) in [6.45, 7) is 2.10. The number of aryl methyl sites for hydroxylation is 2. The van der Waals surface area contributed by atoms with E-state index >= 15 is 0 Å². The third-order valence-corrected chi connectivity index (χ3v) is 5.43. The molecule has 0 bridgehead atoms. The first-order valence-corrected chi connectivity index (χ1v) is 9.51. The van der Waals surface area contributed by atoms with Crippen LogP contribution in [0.4, 0.5) is 0 Å². The van der Waals surface area contributed by atoms with Crippen LogP contribution in [-0.4, -0.2) is 20.8 Å². The Kier molecular flexibility index (Phi) is 4.62. The van der Waals surface area contributed by atoms with Crippen LogP contribution in [0.25, 0.3) is 27.8 Å². The molecule has 4 rings (SSSR count). The second-order valence-electron chi connectivity index (χ2n) is 7.02. The third-order valence-electron chi connectivity index (χ3n) is 5.43. The Morgan fingerprint density at radius 1 is 0.931 bits per heavy atom. The van der Waals surface area contributed by atoms with Crippen LogP contribution < -0.4 is 16.0 Å². The maximum Gasteiger partial charge on any atom is 0.330 e. The van der Waals surface area contributed by atoms with Crippen molar-refractivity contribution in [2.45, 2.75) is 13.3 Å². The molecule has 148 valence electrons. The molecular formula is C23H23N3O3. The molecule has 2 aromatic heterocycles. The van der Waals surface area contributed by atoms with Crippen LogP contribution in [-0.2, 0) is 20.5 Å². The largest absolute Gasteiger partial charge is 0.497 e. The van der Waals surface area contributed by atoms with Crippen LogP contribution in [0, 0.1) is 0 Å². The molecule has 2 heterocycles. The van der Waals surface area contributed by atoms with Gasteiger partial charge in [0.1, 0.15) is 5.75 Å². The van der Waals surface area contributed by atoms with Crippen molar-refractivity contribution >= 4 is 10.9 Å². The fourth-order valence-corrected chi connectivity index (χ4v) is 3.81. The van der Waals surface area contributed by atoms with E-state index in [-0.39, 0.29) is 11.2 Å².